The Morgan fingerprint density at radius 2 is 2.35 bits per heavy atom. The summed E-state index contributed by atoms with van der Waals surface area (Å²) >= 11 is 3.06. The van der Waals surface area contributed by atoms with Gasteiger partial charge in [0, 0.05) is 11.5 Å². The molecule has 106 valence electrons. The summed E-state index contributed by atoms with van der Waals surface area (Å²) in [6, 6.07) is 1.85. The van der Waals surface area contributed by atoms with Gasteiger partial charge in [0.05, 0.1) is 17.2 Å². The predicted molar refractivity (Wildman–Crippen MR) is 82.8 cm³/mol. The highest BCUT2D eigenvalue weighted by atomic mass is 32.1. The van der Waals surface area contributed by atoms with Gasteiger partial charge >= 0.3 is 0 Å². The Morgan fingerprint density at radius 3 is 2.95 bits per heavy atom. The molecule has 2 N–H and O–H groups in total. The van der Waals surface area contributed by atoms with E-state index in [1.54, 1.807) is 13.0 Å². The van der Waals surface area contributed by atoms with Crippen LogP contribution in [0.4, 0.5) is 0 Å². The fourth-order valence-electron chi connectivity index (χ4n) is 1.61. The zero-order valence-electron chi connectivity index (χ0n) is 11.3. The molecule has 0 bridgehead atoms. The first-order valence-electron chi connectivity index (χ1n) is 6.10. The van der Waals surface area contributed by atoms with Crippen molar-refractivity contribution in [2.24, 2.45) is 0 Å². The first-order valence-corrected chi connectivity index (χ1v) is 7.93. The van der Waals surface area contributed by atoms with E-state index in [1.165, 1.54) is 28.7 Å². The molecule has 0 aliphatic rings. The highest BCUT2D eigenvalue weighted by molar-refractivity contribution is 7.09. The van der Waals surface area contributed by atoms with Crippen LogP contribution in [0.3, 0.4) is 0 Å². The fourth-order valence-corrected chi connectivity index (χ4v) is 2.97. The van der Waals surface area contributed by atoms with Crippen LogP contribution in [-0.2, 0) is 10.4 Å². The largest absolute Gasteiger partial charge is 0.384 e. The summed E-state index contributed by atoms with van der Waals surface area (Å²) in [4.78, 5) is 15.9. The third kappa shape index (κ3) is 4.00. The summed E-state index contributed by atoms with van der Waals surface area (Å²) in [6.07, 6.45) is 3.09. The number of aliphatic hydroxyl groups is 1. The van der Waals surface area contributed by atoms with Crippen molar-refractivity contribution in [3.63, 3.8) is 0 Å². The van der Waals surface area contributed by atoms with E-state index in [4.69, 9.17) is 0 Å². The Kier molecular flexibility index (Phi) is 4.69. The van der Waals surface area contributed by atoms with Crippen LogP contribution in [0.2, 0.25) is 0 Å². The van der Waals surface area contributed by atoms with Crippen molar-refractivity contribution in [2.75, 3.05) is 6.54 Å². The first-order chi connectivity index (χ1) is 9.47. The van der Waals surface area contributed by atoms with E-state index in [0.29, 0.717) is 0 Å². The second-order valence-electron chi connectivity index (χ2n) is 4.63. The monoisotopic (exact) mass is 308 g/mol. The molecule has 0 unspecified atom stereocenters. The molecule has 0 fully saturated rings. The van der Waals surface area contributed by atoms with E-state index in [1.807, 2.05) is 29.1 Å². The zero-order chi connectivity index (χ0) is 14.6. The number of carbonyl (C=O) groups excluding carboxylic acids is 1. The quantitative estimate of drug-likeness (QED) is 0.835. The molecule has 0 aliphatic carbocycles. The van der Waals surface area contributed by atoms with Crippen LogP contribution in [0.1, 0.15) is 23.2 Å². The van der Waals surface area contributed by atoms with Gasteiger partial charge in [-0.05, 0) is 42.3 Å². The highest BCUT2D eigenvalue weighted by Gasteiger charge is 2.23. The number of thiazole rings is 1. The van der Waals surface area contributed by atoms with Gasteiger partial charge in [-0.2, -0.15) is 11.3 Å². The summed E-state index contributed by atoms with van der Waals surface area (Å²) < 4.78 is 0. The van der Waals surface area contributed by atoms with Crippen LogP contribution in [0.5, 0.6) is 0 Å². The van der Waals surface area contributed by atoms with Crippen LogP contribution in [0, 0.1) is 6.92 Å². The summed E-state index contributed by atoms with van der Waals surface area (Å²) in [7, 11) is 0. The van der Waals surface area contributed by atoms with Crippen molar-refractivity contribution in [2.45, 2.75) is 19.4 Å². The van der Waals surface area contributed by atoms with Gasteiger partial charge in [-0.3, -0.25) is 4.79 Å². The summed E-state index contributed by atoms with van der Waals surface area (Å²) in [5, 5.41) is 19.6. The van der Waals surface area contributed by atoms with Crippen molar-refractivity contribution in [3.05, 3.63) is 44.5 Å². The molecule has 2 heterocycles. The number of nitrogens with one attached hydrogen (secondary N) is 1. The molecule has 0 spiro atoms. The molecule has 1 atom stereocenters. The smallest absolute Gasteiger partial charge is 0.244 e. The maximum Gasteiger partial charge on any atom is 0.244 e. The summed E-state index contributed by atoms with van der Waals surface area (Å²) in [5.74, 6) is -0.244. The van der Waals surface area contributed by atoms with Crippen LogP contribution in [-0.4, -0.2) is 22.5 Å². The number of carbonyl (C=O) groups is 1. The second kappa shape index (κ2) is 6.30. The molecule has 0 radical (unpaired) electrons. The lowest BCUT2D eigenvalue weighted by atomic mass is 9.99. The fraction of sp³-hybridized carbons (Fsp3) is 0.286. The minimum atomic E-state index is -1.05. The minimum Gasteiger partial charge on any atom is -0.384 e. The van der Waals surface area contributed by atoms with Crippen molar-refractivity contribution < 1.29 is 9.90 Å². The maximum atomic E-state index is 11.7. The number of rotatable bonds is 5. The molecule has 2 aromatic heterocycles. The number of thiophene rings is 1. The number of aryl methyl sites for hydroxylation is 1. The molecular formula is C14H16N2O2S2. The standard InChI is InChI=1S/C14H16N2O2S2/c1-10-16-12(8-20-10)3-4-13(17)15-9-14(2,18)11-5-6-19-7-11/h3-8,18H,9H2,1-2H3,(H,15,17)/b4-3+/t14-/m0/s1. The number of amides is 1. The molecule has 0 saturated heterocycles. The second-order valence-corrected chi connectivity index (χ2v) is 6.47. The van der Waals surface area contributed by atoms with E-state index < -0.39 is 5.60 Å². The van der Waals surface area contributed by atoms with Gasteiger partial charge in [0.1, 0.15) is 5.60 Å². The number of hydrogen-bond donors (Lipinski definition) is 2. The molecule has 0 aromatic carbocycles. The SMILES string of the molecule is Cc1nc(/C=C/C(=O)NC[C@](C)(O)c2ccsc2)cs1. The number of nitrogens with zero attached hydrogens (tertiary/aromatic N) is 1. The molecule has 2 aromatic rings. The van der Waals surface area contributed by atoms with Gasteiger partial charge in [0.2, 0.25) is 5.91 Å². The molecule has 0 saturated carbocycles. The Bertz CT molecular complexity index is 600. The van der Waals surface area contributed by atoms with E-state index >= 15 is 0 Å². The molecule has 1 amide bonds. The molecule has 2 rings (SSSR count). The van der Waals surface area contributed by atoms with Crippen molar-refractivity contribution in [3.8, 4) is 0 Å². The van der Waals surface area contributed by atoms with Crippen molar-refractivity contribution in [1.82, 2.24) is 10.3 Å². The third-order valence-electron chi connectivity index (χ3n) is 2.79. The van der Waals surface area contributed by atoms with Gasteiger partial charge in [-0.25, -0.2) is 4.98 Å². The predicted octanol–water partition coefficient (Wildman–Crippen LogP) is 2.55. The van der Waals surface area contributed by atoms with Crippen LogP contribution in [0.15, 0.2) is 28.3 Å². The summed E-state index contributed by atoms with van der Waals surface area (Å²) in [5.41, 5.74) is 0.523. The van der Waals surface area contributed by atoms with E-state index in [2.05, 4.69) is 10.3 Å². The summed E-state index contributed by atoms with van der Waals surface area (Å²) in [6.45, 7) is 3.77. The Balaban J connectivity index is 1.88. The van der Waals surface area contributed by atoms with Crippen LogP contribution in [0.25, 0.3) is 6.08 Å². The molecule has 6 heteroatoms. The van der Waals surface area contributed by atoms with Gasteiger partial charge in [-0.1, -0.05) is 0 Å². The van der Waals surface area contributed by atoms with Crippen molar-refractivity contribution >= 4 is 34.7 Å². The van der Waals surface area contributed by atoms with Gasteiger partial charge in [0.25, 0.3) is 0 Å². The average Bonchev–Trinajstić information content (AvgIpc) is 3.05. The number of hydrogen-bond acceptors (Lipinski definition) is 5. The normalized spacial score (nSPS) is 14.3. The average molecular weight is 308 g/mol. The van der Waals surface area contributed by atoms with E-state index in [-0.39, 0.29) is 12.5 Å². The van der Waals surface area contributed by atoms with Gasteiger partial charge in [-0.15, -0.1) is 11.3 Å². The first kappa shape index (κ1) is 14.9. The molecular weight excluding hydrogens is 292 g/mol. The zero-order valence-corrected chi connectivity index (χ0v) is 12.9. The van der Waals surface area contributed by atoms with Crippen molar-refractivity contribution in [1.29, 1.82) is 0 Å². The topological polar surface area (TPSA) is 62.2 Å². The molecule has 4 nitrogen and oxygen atoms in total. The maximum absolute atomic E-state index is 11.7. The lowest BCUT2D eigenvalue weighted by Crippen LogP contribution is -2.37. The molecule has 0 aliphatic heterocycles. The van der Waals surface area contributed by atoms with Gasteiger partial charge < -0.3 is 10.4 Å². The van der Waals surface area contributed by atoms with E-state index in [0.717, 1.165) is 16.3 Å². The lowest BCUT2D eigenvalue weighted by Gasteiger charge is -2.22. The molecule has 20 heavy (non-hydrogen) atoms. The Hall–Kier alpha value is -1.50. The third-order valence-corrected chi connectivity index (χ3v) is 4.27. The Morgan fingerprint density at radius 1 is 1.55 bits per heavy atom. The van der Waals surface area contributed by atoms with E-state index in [9.17, 15) is 9.90 Å². The minimum absolute atomic E-state index is 0.170. The number of aromatic nitrogens is 1. The lowest BCUT2D eigenvalue weighted by molar-refractivity contribution is -0.117. The van der Waals surface area contributed by atoms with Gasteiger partial charge in [0.15, 0.2) is 0 Å². The van der Waals surface area contributed by atoms with Crippen LogP contribution >= 0.6 is 22.7 Å². The Labute approximate surface area is 125 Å². The highest BCUT2D eigenvalue weighted by Crippen LogP contribution is 2.21. The van der Waals surface area contributed by atoms with Crippen LogP contribution < -0.4 is 5.32 Å².